The van der Waals surface area contributed by atoms with Gasteiger partial charge in [-0.15, -0.1) is 0 Å². The Hall–Kier alpha value is -7.17. The lowest BCUT2D eigenvalue weighted by Crippen LogP contribution is -2.00. The molecule has 0 saturated carbocycles. The van der Waals surface area contributed by atoms with Gasteiger partial charge in [0.2, 0.25) is 0 Å². The van der Waals surface area contributed by atoms with E-state index in [0.717, 1.165) is 49.8 Å². The van der Waals surface area contributed by atoms with Crippen LogP contribution < -0.4 is 0 Å². The van der Waals surface area contributed by atoms with Gasteiger partial charge in [-0.2, -0.15) is 0 Å². The number of benzene rings is 8. The van der Waals surface area contributed by atoms with Crippen LogP contribution in [0.25, 0.3) is 100 Å². The molecule has 0 saturated heterocycles. The van der Waals surface area contributed by atoms with Crippen LogP contribution in [0.1, 0.15) is 0 Å². The van der Waals surface area contributed by atoms with Crippen molar-refractivity contribution in [2.45, 2.75) is 0 Å². The largest absolute Gasteiger partial charge is 0.456 e. The van der Waals surface area contributed by atoms with Crippen LogP contribution in [-0.2, 0) is 0 Å². The van der Waals surface area contributed by atoms with Gasteiger partial charge in [0.25, 0.3) is 0 Å². The molecule has 10 rings (SSSR count). The molecule has 0 fully saturated rings. The van der Waals surface area contributed by atoms with E-state index in [2.05, 4.69) is 115 Å². The van der Waals surface area contributed by atoms with E-state index in [9.17, 15) is 0 Å². The van der Waals surface area contributed by atoms with Crippen molar-refractivity contribution in [3.05, 3.63) is 188 Å². The summed E-state index contributed by atoms with van der Waals surface area (Å²) < 4.78 is 6.42. The van der Waals surface area contributed by atoms with Crippen molar-refractivity contribution in [1.82, 2.24) is 15.0 Å². The third-order valence-electron chi connectivity index (χ3n) is 9.97. The fourth-order valence-corrected chi connectivity index (χ4v) is 7.40. The topological polar surface area (TPSA) is 51.8 Å². The van der Waals surface area contributed by atoms with Gasteiger partial charge in [-0.1, -0.05) is 170 Å². The number of hydrogen-bond acceptors (Lipinski definition) is 4. The Balaban J connectivity index is 1.07. The molecule has 53 heavy (non-hydrogen) atoms. The maximum absolute atomic E-state index is 6.42. The fraction of sp³-hybridized carbons (Fsp3) is 0. The number of rotatable bonds is 6. The summed E-state index contributed by atoms with van der Waals surface area (Å²) in [6, 6.07) is 65.3. The van der Waals surface area contributed by atoms with Gasteiger partial charge in [-0.05, 0) is 62.4 Å². The standard InChI is InChI=1S/C49H31N3O/c1-4-13-33(14-5-1)38-19-10-22-41-39(20-11-21-40(38)41)34-27-25-32(26-28-34)37-29-30-44-43(31-37)46-42(23-12-24-45(46)53-44)49-51-47(35-15-6-2-7-16-35)50-48(52-49)36-17-8-3-9-18-36/h1-31H. The van der Waals surface area contributed by atoms with Crippen molar-refractivity contribution in [1.29, 1.82) is 0 Å². The third-order valence-corrected chi connectivity index (χ3v) is 9.97. The Labute approximate surface area is 306 Å². The first kappa shape index (κ1) is 30.6. The number of hydrogen-bond donors (Lipinski definition) is 0. The first-order valence-corrected chi connectivity index (χ1v) is 17.8. The van der Waals surface area contributed by atoms with Gasteiger partial charge in [0.15, 0.2) is 17.5 Å². The predicted molar refractivity (Wildman–Crippen MR) is 217 cm³/mol. The average Bonchev–Trinajstić information content (AvgIpc) is 3.62. The maximum Gasteiger partial charge on any atom is 0.164 e. The summed E-state index contributed by atoms with van der Waals surface area (Å²) in [6.45, 7) is 0. The zero-order chi connectivity index (χ0) is 35.1. The second-order valence-electron chi connectivity index (χ2n) is 13.2. The van der Waals surface area contributed by atoms with E-state index >= 15 is 0 Å². The van der Waals surface area contributed by atoms with E-state index in [1.165, 1.54) is 33.0 Å². The highest BCUT2D eigenvalue weighted by Crippen LogP contribution is 2.40. The van der Waals surface area contributed by atoms with Crippen LogP contribution in [-0.4, -0.2) is 15.0 Å². The lowest BCUT2D eigenvalue weighted by Gasteiger charge is -2.12. The molecule has 8 aromatic carbocycles. The van der Waals surface area contributed by atoms with Gasteiger partial charge in [0, 0.05) is 27.5 Å². The molecule has 0 aliphatic heterocycles. The zero-order valence-corrected chi connectivity index (χ0v) is 28.6. The van der Waals surface area contributed by atoms with Crippen LogP contribution in [0.2, 0.25) is 0 Å². The summed E-state index contributed by atoms with van der Waals surface area (Å²) in [6.07, 6.45) is 0. The highest BCUT2D eigenvalue weighted by atomic mass is 16.3. The molecule has 248 valence electrons. The first-order chi connectivity index (χ1) is 26.3. The zero-order valence-electron chi connectivity index (χ0n) is 28.6. The minimum Gasteiger partial charge on any atom is -0.456 e. The predicted octanol–water partition coefficient (Wildman–Crippen LogP) is 12.9. The monoisotopic (exact) mass is 677 g/mol. The normalized spacial score (nSPS) is 11.4. The molecule has 0 bridgehead atoms. The Morgan fingerprint density at radius 1 is 0.283 bits per heavy atom. The lowest BCUT2D eigenvalue weighted by atomic mass is 9.92. The lowest BCUT2D eigenvalue weighted by molar-refractivity contribution is 0.669. The van der Waals surface area contributed by atoms with Crippen LogP contribution in [0.5, 0.6) is 0 Å². The van der Waals surface area contributed by atoms with Gasteiger partial charge in [-0.25, -0.2) is 15.0 Å². The Kier molecular flexibility index (Phi) is 7.43. The van der Waals surface area contributed by atoms with E-state index in [1.54, 1.807) is 0 Å². The van der Waals surface area contributed by atoms with Crippen LogP contribution >= 0.6 is 0 Å². The number of fused-ring (bicyclic) bond motifs is 4. The summed E-state index contributed by atoms with van der Waals surface area (Å²) in [4.78, 5) is 15.0. The average molecular weight is 678 g/mol. The Morgan fingerprint density at radius 3 is 1.36 bits per heavy atom. The summed E-state index contributed by atoms with van der Waals surface area (Å²) in [5.74, 6) is 1.86. The van der Waals surface area contributed by atoms with Gasteiger partial charge in [0.1, 0.15) is 11.2 Å². The minimum atomic E-state index is 0.603. The number of nitrogens with zero attached hydrogens (tertiary/aromatic N) is 3. The van der Waals surface area contributed by atoms with Crippen molar-refractivity contribution < 1.29 is 4.42 Å². The van der Waals surface area contributed by atoms with E-state index < -0.39 is 0 Å². The molecule has 0 aliphatic rings. The molecule has 10 aromatic rings. The second kappa shape index (κ2) is 12.9. The van der Waals surface area contributed by atoms with Crippen LogP contribution in [0.3, 0.4) is 0 Å². The second-order valence-corrected chi connectivity index (χ2v) is 13.2. The van der Waals surface area contributed by atoms with E-state index in [4.69, 9.17) is 19.4 Å². The highest BCUT2D eigenvalue weighted by Gasteiger charge is 2.18. The van der Waals surface area contributed by atoms with E-state index in [0.29, 0.717) is 17.5 Å². The molecule has 0 radical (unpaired) electrons. The molecule has 0 atom stereocenters. The van der Waals surface area contributed by atoms with Gasteiger partial charge < -0.3 is 4.42 Å². The minimum absolute atomic E-state index is 0.603. The summed E-state index contributed by atoms with van der Waals surface area (Å²) >= 11 is 0. The number of furan rings is 1. The van der Waals surface area contributed by atoms with E-state index in [-0.39, 0.29) is 0 Å². The molecule has 2 heterocycles. The van der Waals surface area contributed by atoms with Crippen LogP contribution in [0.4, 0.5) is 0 Å². The van der Waals surface area contributed by atoms with Gasteiger partial charge in [0.05, 0.1) is 0 Å². The van der Waals surface area contributed by atoms with Crippen molar-refractivity contribution >= 4 is 32.7 Å². The van der Waals surface area contributed by atoms with E-state index in [1.807, 2.05) is 72.8 Å². The van der Waals surface area contributed by atoms with Crippen molar-refractivity contribution in [3.63, 3.8) is 0 Å². The summed E-state index contributed by atoms with van der Waals surface area (Å²) in [5.41, 5.74) is 11.5. The van der Waals surface area contributed by atoms with Crippen LogP contribution in [0.15, 0.2) is 192 Å². The molecule has 2 aromatic heterocycles. The summed E-state index contributed by atoms with van der Waals surface area (Å²) in [7, 11) is 0. The van der Waals surface area contributed by atoms with Crippen molar-refractivity contribution in [3.8, 4) is 67.5 Å². The van der Waals surface area contributed by atoms with Gasteiger partial charge in [-0.3, -0.25) is 0 Å². The Morgan fingerprint density at radius 2 is 0.755 bits per heavy atom. The quantitative estimate of drug-likeness (QED) is 0.176. The maximum atomic E-state index is 6.42. The molecular formula is C49H31N3O. The smallest absolute Gasteiger partial charge is 0.164 e. The number of aromatic nitrogens is 3. The molecular weight excluding hydrogens is 647 g/mol. The summed E-state index contributed by atoms with van der Waals surface area (Å²) in [5, 5.41) is 4.49. The Bertz CT molecular complexity index is 2860. The SMILES string of the molecule is c1ccc(-c2nc(-c3ccccc3)nc(-c3cccc4oc5ccc(-c6ccc(-c7cccc8c(-c9ccccc9)cccc78)cc6)cc5c34)n2)cc1. The molecule has 0 spiro atoms. The molecule has 0 N–H and O–H groups in total. The first-order valence-electron chi connectivity index (χ1n) is 17.8. The molecule has 4 nitrogen and oxygen atoms in total. The molecule has 0 unspecified atom stereocenters. The highest BCUT2D eigenvalue weighted by molar-refractivity contribution is 6.13. The fourth-order valence-electron chi connectivity index (χ4n) is 7.40. The van der Waals surface area contributed by atoms with Crippen LogP contribution in [0, 0.1) is 0 Å². The third kappa shape index (κ3) is 5.54. The van der Waals surface area contributed by atoms with Gasteiger partial charge >= 0.3 is 0 Å². The van der Waals surface area contributed by atoms with Crippen molar-refractivity contribution in [2.75, 3.05) is 0 Å². The molecule has 4 heteroatoms. The van der Waals surface area contributed by atoms with Crippen molar-refractivity contribution in [2.24, 2.45) is 0 Å². The molecule has 0 aliphatic carbocycles. The molecule has 0 amide bonds.